The third-order valence-electron chi connectivity index (χ3n) is 5.09. The van der Waals surface area contributed by atoms with Crippen molar-refractivity contribution in [3.63, 3.8) is 0 Å². The van der Waals surface area contributed by atoms with Gasteiger partial charge in [0.2, 0.25) is 0 Å². The van der Waals surface area contributed by atoms with E-state index in [1.165, 1.54) is 0 Å². The maximum absolute atomic E-state index is 14.4. The number of hydrogen-bond donors (Lipinski definition) is 0. The molecule has 2 aromatic rings. The van der Waals surface area contributed by atoms with Gasteiger partial charge < -0.3 is 9.47 Å². The molecular weight excluding hydrogens is 371 g/mol. The van der Waals surface area contributed by atoms with Crippen molar-refractivity contribution in [2.24, 2.45) is 5.41 Å². The highest BCUT2D eigenvalue weighted by Crippen LogP contribution is 2.32. The van der Waals surface area contributed by atoms with Gasteiger partial charge in [0.25, 0.3) is 0 Å². The van der Waals surface area contributed by atoms with Crippen molar-refractivity contribution >= 4 is 24.3 Å². The third kappa shape index (κ3) is 4.01. The minimum absolute atomic E-state index is 0.199. The Morgan fingerprint density at radius 3 is 2.14 bits per heavy atom. The maximum atomic E-state index is 14.4. The Hall–Kier alpha value is -2.12. The van der Waals surface area contributed by atoms with Crippen LogP contribution >= 0.6 is 0 Å². The molecule has 1 aliphatic heterocycles. The monoisotopic (exact) mass is 391 g/mol. The first-order valence-corrected chi connectivity index (χ1v) is 8.98. The van der Waals surface area contributed by atoms with Crippen LogP contribution < -0.4 is 10.9 Å². The second-order valence-electron chi connectivity index (χ2n) is 7.00. The largest absolute Gasteiger partial charge is 0.380 e. The lowest BCUT2D eigenvalue weighted by Gasteiger charge is -2.40. The average molecular weight is 391 g/mol. The fourth-order valence-electron chi connectivity index (χ4n) is 2.99. The van der Waals surface area contributed by atoms with Gasteiger partial charge >= 0.3 is 0 Å². The molecule has 0 unspecified atom stereocenters. The van der Waals surface area contributed by atoms with E-state index in [4.69, 9.17) is 9.47 Å². The molecular formula is C21H20BF4O2. The summed E-state index contributed by atoms with van der Waals surface area (Å²) in [7, 11) is 1.06. The van der Waals surface area contributed by atoms with Gasteiger partial charge in [-0.15, -0.1) is 0 Å². The SMILES string of the molecule is C=Cc1ccc([B]c2c(F)c(F)c(COCC3(CC)COC3)c(F)c2F)cc1. The zero-order valence-corrected chi connectivity index (χ0v) is 15.5. The van der Waals surface area contributed by atoms with Gasteiger partial charge in [0.05, 0.1) is 32.0 Å². The molecule has 28 heavy (non-hydrogen) atoms. The minimum Gasteiger partial charge on any atom is -0.380 e. The summed E-state index contributed by atoms with van der Waals surface area (Å²) in [6.07, 6.45) is 2.39. The van der Waals surface area contributed by atoms with Crippen LogP contribution in [-0.4, -0.2) is 27.1 Å². The molecule has 1 heterocycles. The number of halogens is 4. The smallest absolute Gasteiger partial charge is 0.199 e. The van der Waals surface area contributed by atoms with E-state index in [9.17, 15) is 17.6 Å². The van der Waals surface area contributed by atoms with Crippen LogP contribution in [0.25, 0.3) is 6.08 Å². The van der Waals surface area contributed by atoms with E-state index < -0.39 is 40.9 Å². The summed E-state index contributed by atoms with van der Waals surface area (Å²) in [6, 6.07) is 6.51. The fourth-order valence-corrected chi connectivity index (χ4v) is 2.99. The number of hydrogen-bond acceptors (Lipinski definition) is 2. The lowest BCUT2D eigenvalue weighted by atomic mass is 9.63. The topological polar surface area (TPSA) is 18.5 Å². The van der Waals surface area contributed by atoms with Crippen LogP contribution in [0.5, 0.6) is 0 Å². The molecule has 0 aromatic heterocycles. The normalized spacial score (nSPS) is 15.2. The van der Waals surface area contributed by atoms with E-state index >= 15 is 0 Å². The Kier molecular flexibility index (Phi) is 6.25. The van der Waals surface area contributed by atoms with E-state index in [1.54, 1.807) is 30.3 Å². The van der Waals surface area contributed by atoms with E-state index in [0.717, 1.165) is 19.3 Å². The lowest BCUT2D eigenvalue weighted by molar-refractivity contribution is -0.152. The molecule has 0 saturated carbocycles. The van der Waals surface area contributed by atoms with Gasteiger partial charge in [-0.2, -0.15) is 0 Å². The van der Waals surface area contributed by atoms with Gasteiger partial charge in [0, 0.05) is 5.41 Å². The number of rotatable bonds is 8. The lowest BCUT2D eigenvalue weighted by Crippen LogP contribution is -2.45. The molecule has 2 aromatic carbocycles. The Balaban J connectivity index is 1.79. The Labute approximate surface area is 162 Å². The first-order chi connectivity index (χ1) is 13.4. The standard InChI is InChI=1S/C21H20BF4O2/c1-3-13-5-7-14(8-6-13)22-16-19(25)17(23)15(18(24)20(16)26)9-27-10-21(4-2)11-28-12-21/h3,5-8H,1,4,9-12H2,2H3. The summed E-state index contributed by atoms with van der Waals surface area (Å²) < 4.78 is 68.2. The van der Waals surface area contributed by atoms with Crippen LogP contribution in [0.15, 0.2) is 30.8 Å². The molecule has 0 spiro atoms. The van der Waals surface area contributed by atoms with Crippen molar-refractivity contribution in [3.8, 4) is 0 Å². The number of benzene rings is 2. The second-order valence-corrected chi connectivity index (χ2v) is 7.00. The number of ether oxygens (including phenoxy) is 2. The summed E-state index contributed by atoms with van der Waals surface area (Å²) in [4.78, 5) is 0. The van der Waals surface area contributed by atoms with E-state index in [1.807, 2.05) is 6.92 Å². The first kappa shape index (κ1) is 20.6. The van der Waals surface area contributed by atoms with Crippen molar-refractivity contribution in [3.05, 3.63) is 65.2 Å². The second kappa shape index (κ2) is 8.49. The van der Waals surface area contributed by atoms with Crippen molar-refractivity contribution in [2.45, 2.75) is 20.0 Å². The van der Waals surface area contributed by atoms with E-state index in [2.05, 4.69) is 6.58 Å². The van der Waals surface area contributed by atoms with Gasteiger partial charge in [-0.1, -0.05) is 49.3 Å². The van der Waals surface area contributed by atoms with Crippen molar-refractivity contribution in [1.29, 1.82) is 0 Å². The van der Waals surface area contributed by atoms with Crippen LogP contribution in [0.4, 0.5) is 17.6 Å². The Morgan fingerprint density at radius 2 is 1.68 bits per heavy atom. The molecule has 0 amide bonds. The van der Waals surface area contributed by atoms with Crippen LogP contribution in [0.1, 0.15) is 24.5 Å². The molecule has 1 radical (unpaired) electrons. The Morgan fingerprint density at radius 1 is 1.07 bits per heavy atom. The minimum atomic E-state index is -1.44. The van der Waals surface area contributed by atoms with E-state index in [0.29, 0.717) is 18.7 Å². The molecule has 3 rings (SSSR count). The first-order valence-electron chi connectivity index (χ1n) is 8.98. The van der Waals surface area contributed by atoms with Crippen LogP contribution in [0.2, 0.25) is 0 Å². The zero-order valence-electron chi connectivity index (χ0n) is 15.5. The van der Waals surface area contributed by atoms with Gasteiger partial charge in [0.1, 0.15) is 0 Å². The molecule has 0 aliphatic carbocycles. The highest BCUT2D eigenvalue weighted by molar-refractivity contribution is 6.67. The molecule has 0 N–H and O–H groups in total. The zero-order chi connectivity index (χ0) is 20.3. The highest BCUT2D eigenvalue weighted by atomic mass is 19.2. The average Bonchev–Trinajstić information content (AvgIpc) is 2.68. The van der Waals surface area contributed by atoms with Crippen LogP contribution in [-0.2, 0) is 16.1 Å². The fraction of sp³-hybridized carbons (Fsp3) is 0.333. The van der Waals surface area contributed by atoms with Crippen LogP contribution in [0, 0.1) is 28.7 Å². The maximum Gasteiger partial charge on any atom is 0.199 e. The molecule has 0 atom stereocenters. The van der Waals surface area contributed by atoms with Gasteiger partial charge in [-0.05, 0) is 17.4 Å². The predicted octanol–water partition coefficient (Wildman–Crippen LogP) is 3.48. The van der Waals surface area contributed by atoms with Crippen LogP contribution in [0.3, 0.4) is 0 Å². The summed E-state index contributed by atoms with van der Waals surface area (Å²) in [5.41, 5.74) is -0.496. The summed E-state index contributed by atoms with van der Waals surface area (Å²) in [6.45, 7) is 6.21. The molecule has 7 heteroatoms. The Bertz CT molecular complexity index is 829. The van der Waals surface area contributed by atoms with Gasteiger partial charge in [0.15, 0.2) is 30.5 Å². The summed E-state index contributed by atoms with van der Waals surface area (Å²) in [5, 5.41) is 0. The van der Waals surface area contributed by atoms with Crippen molar-refractivity contribution < 1.29 is 27.0 Å². The van der Waals surface area contributed by atoms with Crippen molar-refractivity contribution in [2.75, 3.05) is 19.8 Å². The highest BCUT2D eigenvalue weighted by Gasteiger charge is 2.37. The van der Waals surface area contributed by atoms with Crippen molar-refractivity contribution in [1.82, 2.24) is 0 Å². The molecule has 147 valence electrons. The molecule has 1 fully saturated rings. The van der Waals surface area contributed by atoms with Gasteiger partial charge in [-0.25, -0.2) is 17.6 Å². The molecule has 0 bridgehead atoms. The summed E-state index contributed by atoms with van der Waals surface area (Å²) in [5.74, 6) is -5.77. The van der Waals surface area contributed by atoms with Gasteiger partial charge in [-0.3, -0.25) is 0 Å². The predicted molar refractivity (Wildman–Crippen MR) is 101 cm³/mol. The molecule has 1 saturated heterocycles. The summed E-state index contributed by atoms with van der Waals surface area (Å²) >= 11 is 0. The van der Waals surface area contributed by atoms with E-state index in [-0.39, 0.29) is 12.0 Å². The molecule has 1 aliphatic rings. The third-order valence-corrected chi connectivity index (χ3v) is 5.09. The quantitative estimate of drug-likeness (QED) is 0.390. The molecule has 2 nitrogen and oxygen atoms in total.